The Labute approximate surface area is 135 Å². The lowest BCUT2D eigenvalue weighted by Gasteiger charge is -2.24. The number of benzene rings is 2. The lowest BCUT2D eigenvalue weighted by Crippen LogP contribution is -2.29. The molecule has 0 radical (unpaired) electrons. The first kappa shape index (κ1) is 15.5. The Morgan fingerprint density at radius 1 is 1.22 bits per heavy atom. The van der Waals surface area contributed by atoms with Gasteiger partial charge in [0.1, 0.15) is 11.6 Å². The van der Waals surface area contributed by atoms with E-state index in [1.807, 2.05) is 19.1 Å². The number of rotatable bonds is 3. The standard InChI is InChI=1S/C19H20FNO2/c1-13-9-15-6-4-8-19(22)21(17(15)11-18(13)23-2)12-14-5-3-7-16(20)10-14/h3,5,7,9-11H,4,6,8,12H2,1-2H3. The number of fused-ring (bicyclic) bond motifs is 1. The molecule has 1 amide bonds. The topological polar surface area (TPSA) is 29.5 Å². The third kappa shape index (κ3) is 3.21. The molecule has 0 spiro atoms. The third-order valence-corrected chi connectivity index (χ3v) is 4.25. The highest BCUT2D eigenvalue weighted by atomic mass is 19.1. The summed E-state index contributed by atoms with van der Waals surface area (Å²) < 4.78 is 18.8. The van der Waals surface area contributed by atoms with Gasteiger partial charge in [0, 0.05) is 12.5 Å². The van der Waals surface area contributed by atoms with Crippen LogP contribution >= 0.6 is 0 Å². The van der Waals surface area contributed by atoms with Gasteiger partial charge in [-0.2, -0.15) is 0 Å². The van der Waals surface area contributed by atoms with Crippen molar-refractivity contribution in [2.75, 3.05) is 12.0 Å². The SMILES string of the molecule is COc1cc2c(cc1C)CCCC(=O)N2Cc1cccc(F)c1. The van der Waals surface area contributed by atoms with Gasteiger partial charge >= 0.3 is 0 Å². The van der Waals surface area contributed by atoms with Crippen LogP contribution < -0.4 is 9.64 Å². The predicted octanol–water partition coefficient (Wildman–Crippen LogP) is 4.01. The lowest BCUT2D eigenvalue weighted by molar-refractivity contribution is -0.118. The maximum absolute atomic E-state index is 13.4. The van der Waals surface area contributed by atoms with E-state index in [9.17, 15) is 9.18 Å². The number of hydrogen-bond acceptors (Lipinski definition) is 2. The zero-order valence-corrected chi connectivity index (χ0v) is 13.4. The smallest absolute Gasteiger partial charge is 0.227 e. The van der Waals surface area contributed by atoms with Crippen molar-refractivity contribution in [3.05, 3.63) is 58.9 Å². The lowest BCUT2D eigenvalue weighted by atomic mass is 10.0. The van der Waals surface area contributed by atoms with E-state index >= 15 is 0 Å². The van der Waals surface area contributed by atoms with E-state index in [0.29, 0.717) is 13.0 Å². The number of nitrogens with zero attached hydrogens (tertiary/aromatic N) is 1. The molecule has 23 heavy (non-hydrogen) atoms. The number of halogens is 1. The van der Waals surface area contributed by atoms with Crippen LogP contribution in [0.5, 0.6) is 5.75 Å². The number of anilines is 1. The minimum atomic E-state index is -0.286. The first-order valence-electron chi connectivity index (χ1n) is 7.81. The van der Waals surface area contributed by atoms with Crippen molar-refractivity contribution in [2.24, 2.45) is 0 Å². The number of aryl methyl sites for hydroxylation is 2. The van der Waals surface area contributed by atoms with E-state index in [-0.39, 0.29) is 11.7 Å². The highest BCUT2D eigenvalue weighted by molar-refractivity contribution is 5.95. The second kappa shape index (κ2) is 6.41. The van der Waals surface area contributed by atoms with Crippen LogP contribution in [0.2, 0.25) is 0 Å². The fourth-order valence-corrected chi connectivity index (χ4v) is 3.10. The Morgan fingerprint density at radius 2 is 2.04 bits per heavy atom. The highest BCUT2D eigenvalue weighted by Crippen LogP contribution is 2.34. The average Bonchev–Trinajstić information content (AvgIpc) is 2.66. The molecule has 0 aliphatic carbocycles. The molecule has 1 heterocycles. The van der Waals surface area contributed by atoms with E-state index < -0.39 is 0 Å². The second-order valence-electron chi connectivity index (χ2n) is 5.91. The van der Waals surface area contributed by atoms with Crippen LogP contribution in [-0.2, 0) is 17.8 Å². The van der Waals surface area contributed by atoms with Crippen molar-refractivity contribution in [1.29, 1.82) is 0 Å². The fraction of sp³-hybridized carbons (Fsp3) is 0.316. The Bertz CT molecular complexity index is 742. The van der Waals surface area contributed by atoms with Crippen molar-refractivity contribution in [2.45, 2.75) is 32.7 Å². The normalized spacial score (nSPS) is 14.4. The monoisotopic (exact) mass is 313 g/mol. The molecule has 1 aliphatic heterocycles. The van der Waals surface area contributed by atoms with E-state index in [1.54, 1.807) is 18.1 Å². The Morgan fingerprint density at radius 3 is 2.78 bits per heavy atom. The maximum atomic E-state index is 13.4. The van der Waals surface area contributed by atoms with Gasteiger partial charge in [0.25, 0.3) is 0 Å². The van der Waals surface area contributed by atoms with Gasteiger partial charge in [-0.3, -0.25) is 4.79 Å². The van der Waals surface area contributed by atoms with Crippen LogP contribution in [0.25, 0.3) is 0 Å². The Balaban J connectivity index is 2.03. The van der Waals surface area contributed by atoms with Crippen molar-refractivity contribution >= 4 is 11.6 Å². The predicted molar refractivity (Wildman–Crippen MR) is 88.3 cm³/mol. The first-order chi connectivity index (χ1) is 11.1. The molecule has 2 aromatic rings. The summed E-state index contributed by atoms with van der Waals surface area (Å²) in [6.07, 6.45) is 2.20. The van der Waals surface area contributed by atoms with E-state index in [4.69, 9.17) is 4.74 Å². The van der Waals surface area contributed by atoms with Crippen LogP contribution in [-0.4, -0.2) is 13.0 Å². The molecule has 0 unspecified atom stereocenters. The molecule has 2 aromatic carbocycles. The van der Waals surface area contributed by atoms with Crippen molar-refractivity contribution in [3.63, 3.8) is 0 Å². The van der Waals surface area contributed by atoms with Gasteiger partial charge in [0.2, 0.25) is 5.91 Å². The number of carbonyl (C=O) groups is 1. The summed E-state index contributed by atoms with van der Waals surface area (Å²) in [6.45, 7) is 2.37. The van der Waals surface area contributed by atoms with Crippen molar-refractivity contribution in [1.82, 2.24) is 0 Å². The summed E-state index contributed by atoms with van der Waals surface area (Å²) in [4.78, 5) is 14.3. The zero-order chi connectivity index (χ0) is 16.4. The van der Waals surface area contributed by atoms with Crippen LogP contribution in [0.1, 0.15) is 29.5 Å². The molecule has 0 bridgehead atoms. The number of methoxy groups -OCH3 is 1. The van der Waals surface area contributed by atoms with Gasteiger partial charge in [0.05, 0.1) is 19.3 Å². The molecule has 3 nitrogen and oxygen atoms in total. The summed E-state index contributed by atoms with van der Waals surface area (Å²) in [6, 6.07) is 10.4. The molecular weight excluding hydrogens is 293 g/mol. The Kier molecular flexibility index (Phi) is 4.33. The van der Waals surface area contributed by atoms with Crippen molar-refractivity contribution in [3.8, 4) is 5.75 Å². The van der Waals surface area contributed by atoms with Gasteiger partial charge in [-0.1, -0.05) is 18.2 Å². The average molecular weight is 313 g/mol. The Hall–Kier alpha value is -2.36. The molecule has 0 aromatic heterocycles. The van der Waals surface area contributed by atoms with Gasteiger partial charge in [-0.15, -0.1) is 0 Å². The van der Waals surface area contributed by atoms with E-state index in [0.717, 1.165) is 41.0 Å². The summed E-state index contributed by atoms with van der Waals surface area (Å²) in [5.41, 5.74) is 3.86. The number of hydrogen-bond donors (Lipinski definition) is 0. The molecule has 120 valence electrons. The first-order valence-corrected chi connectivity index (χ1v) is 7.81. The second-order valence-corrected chi connectivity index (χ2v) is 5.91. The number of carbonyl (C=O) groups excluding carboxylic acids is 1. The molecule has 4 heteroatoms. The van der Waals surface area contributed by atoms with Gasteiger partial charge in [-0.25, -0.2) is 4.39 Å². The van der Waals surface area contributed by atoms with Gasteiger partial charge < -0.3 is 9.64 Å². The molecule has 0 N–H and O–H groups in total. The van der Waals surface area contributed by atoms with E-state index in [1.165, 1.54) is 12.1 Å². The third-order valence-electron chi connectivity index (χ3n) is 4.25. The molecule has 3 rings (SSSR count). The minimum Gasteiger partial charge on any atom is -0.496 e. The molecule has 0 saturated carbocycles. The van der Waals surface area contributed by atoms with E-state index in [2.05, 4.69) is 6.07 Å². The van der Waals surface area contributed by atoms with Crippen LogP contribution in [0, 0.1) is 12.7 Å². The van der Waals surface area contributed by atoms with Gasteiger partial charge in [0.15, 0.2) is 0 Å². The summed E-state index contributed by atoms with van der Waals surface area (Å²) in [5, 5.41) is 0. The molecule has 0 atom stereocenters. The highest BCUT2D eigenvalue weighted by Gasteiger charge is 2.23. The number of ether oxygens (including phenoxy) is 1. The quantitative estimate of drug-likeness (QED) is 0.857. The molecular formula is C19H20FNO2. The number of amides is 1. The minimum absolute atomic E-state index is 0.0684. The summed E-state index contributed by atoms with van der Waals surface area (Å²) >= 11 is 0. The molecule has 0 fully saturated rings. The van der Waals surface area contributed by atoms with Crippen LogP contribution in [0.4, 0.5) is 10.1 Å². The molecule has 0 saturated heterocycles. The summed E-state index contributed by atoms with van der Waals surface area (Å²) in [7, 11) is 1.63. The largest absolute Gasteiger partial charge is 0.496 e. The van der Waals surface area contributed by atoms with Crippen LogP contribution in [0.3, 0.4) is 0 Å². The fourth-order valence-electron chi connectivity index (χ4n) is 3.10. The molecule has 1 aliphatic rings. The maximum Gasteiger partial charge on any atom is 0.227 e. The van der Waals surface area contributed by atoms with Gasteiger partial charge in [-0.05, 0) is 48.6 Å². The van der Waals surface area contributed by atoms with Crippen molar-refractivity contribution < 1.29 is 13.9 Å². The zero-order valence-electron chi connectivity index (χ0n) is 13.4. The summed E-state index contributed by atoms with van der Waals surface area (Å²) in [5.74, 6) is 0.549. The van der Waals surface area contributed by atoms with Crippen LogP contribution in [0.15, 0.2) is 36.4 Å².